The van der Waals surface area contributed by atoms with Gasteiger partial charge in [0.2, 0.25) is 0 Å². The standard InChI is InChI=1S/C22H21ClN4O/c23-17-7-5-15(6-8-17)20-12-25-22(26-20)21-14-28-10-9-27(21)13-16-11-24-19-4-2-1-3-18(16)19/h1-8,11-12,21,24H,9-10,13-14H2,(H,25,26). The fraction of sp³-hybridized carbons (Fsp3) is 0.227. The second-order valence-corrected chi connectivity index (χ2v) is 7.55. The predicted molar refractivity (Wildman–Crippen MR) is 111 cm³/mol. The number of hydrogen-bond donors (Lipinski definition) is 2. The molecular weight excluding hydrogens is 372 g/mol. The number of hydrogen-bond acceptors (Lipinski definition) is 3. The van der Waals surface area contributed by atoms with E-state index in [1.54, 1.807) is 0 Å². The number of halogens is 1. The van der Waals surface area contributed by atoms with E-state index >= 15 is 0 Å². The van der Waals surface area contributed by atoms with Crippen LogP contribution >= 0.6 is 11.6 Å². The third-order valence-electron chi connectivity index (χ3n) is 5.35. The second kappa shape index (κ2) is 7.43. The molecule has 5 rings (SSSR count). The van der Waals surface area contributed by atoms with E-state index in [9.17, 15) is 0 Å². The molecule has 4 aromatic rings. The molecule has 0 spiro atoms. The third kappa shape index (κ3) is 3.33. The zero-order chi connectivity index (χ0) is 18.9. The summed E-state index contributed by atoms with van der Waals surface area (Å²) in [5.74, 6) is 0.935. The first-order valence-electron chi connectivity index (χ1n) is 9.45. The summed E-state index contributed by atoms with van der Waals surface area (Å²) in [5, 5.41) is 2.00. The molecule has 6 heteroatoms. The van der Waals surface area contributed by atoms with Gasteiger partial charge in [-0.1, -0.05) is 41.9 Å². The summed E-state index contributed by atoms with van der Waals surface area (Å²) in [7, 11) is 0. The summed E-state index contributed by atoms with van der Waals surface area (Å²) in [6.45, 7) is 3.11. The van der Waals surface area contributed by atoms with Gasteiger partial charge in [-0.2, -0.15) is 0 Å². The molecule has 0 aliphatic carbocycles. The van der Waals surface area contributed by atoms with Crippen LogP contribution in [-0.2, 0) is 11.3 Å². The number of ether oxygens (including phenoxy) is 1. The molecule has 1 unspecified atom stereocenters. The fourth-order valence-electron chi connectivity index (χ4n) is 3.84. The number of nitrogens with zero attached hydrogens (tertiary/aromatic N) is 2. The minimum atomic E-state index is 0.100. The normalized spacial score (nSPS) is 18.0. The smallest absolute Gasteiger partial charge is 0.126 e. The molecule has 0 saturated carbocycles. The summed E-state index contributed by atoms with van der Waals surface area (Å²) in [6, 6.07) is 16.3. The van der Waals surface area contributed by atoms with E-state index in [0.29, 0.717) is 6.61 Å². The molecule has 0 radical (unpaired) electrons. The maximum absolute atomic E-state index is 6.00. The summed E-state index contributed by atoms with van der Waals surface area (Å²) in [5.41, 5.74) is 4.53. The SMILES string of the molecule is Clc1ccc(-c2cnc(C3COCCN3Cc3c[nH]c4ccccc34)[nH]2)cc1. The molecule has 1 fully saturated rings. The van der Waals surface area contributed by atoms with Crippen molar-refractivity contribution >= 4 is 22.5 Å². The van der Waals surface area contributed by atoms with Gasteiger partial charge in [-0.25, -0.2) is 4.98 Å². The van der Waals surface area contributed by atoms with Gasteiger partial charge in [0, 0.05) is 35.2 Å². The molecule has 2 aromatic heterocycles. The Labute approximate surface area is 168 Å². The molecule has 1 saturated heterocycles. The van der Waals surface area contributed by atoms with Crippen LogP contribution in [0.5, 0.6) is 0 Å². The molecule has 5 nitrogen and oxygen atoms in total. The molecule has 1 aliphatic rings. The van der Waals surface area contributed by atoms with Gasteiger partial charge >= 0.3 is 0 Å². The van der Waals surface area contributed by atoms with Crippen LogP contribution in [0.2, 0.25) is 5.02 Å². The van der Waals surface area contributed by atoms with Gasteiger partial charge < -0.3 is 14.7 Å². The highest BCUT2D eigenvalue weighted by Gasteiger charge is 2.27. The first kappa shape index (κ1) is 17.5. The summed E-state index contributed by atoms with van der Waals surface area (Å²) < 4.78 is 5.78. The average molecular weight is 393 g/mol. The van der Waals surface area contributed by atoms with Crippen molar-refractivity contribution in [1.29, 1.82) is 0 Å². The van der Waals surface area contributed by atoms with Gasteiger partial charge in [0.15, 0.2) is 0 Å². The van der Waals surface area contributed by atoms with Gasteiger partial charge in [-0.15, -0.1) is 0 Å². The first-order valence-corrected chi connectivity index (χ1v) is 9.83. The highest BCUT2D eigenvalue weighted by Crippen LogP contribution is 2.28. The van der Waals surface area contributed by atoms with Crippen LogP contribution in [0.25, 0.3) is 22.2 Å². The van der Waals surface area contributed by atoms with Crippen LogP contribution < -0.4 is 0 Å². The molecule has 0 bridgehead atoms. The van der Waals surface area contributed by atoms with Crippen molar-refractivity contribution in [3.8, 4) is 11.3 Å². The molecular formula is C22H21ClN4O. The van der Waals surface area contributed by atoms with Crippen LogP contribution in [0.3, 0.4) is 0 Å². The van der Waals surface area contributed by atoms with Crippen molar-refractivity contribution in [2.24, 2.45) is 0 Å². The van der Waals surface area contributed by atoms with E-state index in [-0.39, 0.29) is 6.04 Å². The molecule has 142 valence electrons. The Bertz CT molecular complexity index is 1090. The maximum atomic E-state index is 6.00. The highest BCUT2D eigenvalue weighted by molar-refractivity contribution is 6.30. The van der Waals surface area contributed by atoms with Gasteiger partial charge in [0.1, 0.15) is 5.82 Å². The lowest BCUT2D eigenvalue weighted by molar-refractivity contribution is -0.0154. The van der Waals surface area contributed by atoms with Crippen LogP contribution in [0.1, 0.15) is 17.4 Å². The second-order valence-electron chi connectivity index (χ2n) is 7.11. The molecule has 2 N–H and O–H groups in total. The molecule has 28 heavy (non-hydrogen) atoms. The fourth-order valence-corrected chi connectivity index (χ4v) is 3.97. The Morgan fingerprint density at radius 2 is 2.00 bits per heavy atom. The summed E-state index contributed by atoms with van der Waals surface area (Å²) in [6.07, 6.45) is 4.00. The van der Waals surface area contributed by atoms with E-state index in [1.165, 1.54) is 16.5 Å². The first-order chi connectivity index (χ1) is 13.8. The van der Waals surface area contributed by atoms with E-state index in [2.05, 4.69) is 50.3 Å². The van der Waals surface area contributed by atoms with Gasteiger partial charge in [0.05, 0.1) is 31.1 Å². The number of aromatic nitrogens is 3. The monoisotopic (exact) mass is 392 g/mol. The van der Waals surface area contributed by atoms with Gasteiger partial charge in [0.25, 0.3) is 0 Å². The molecule has 1 atom stereocenters. The van der Waals surface area contributed by atoms with Crippen molar-refractivity contribution < 1.29 is 4.74 Å². The minimum Gasteiger partial charge on any atom is -0.378 e. The van der Waals surface area contributed by atoms with E-state index in [4.69, 9.17) is 16.3 Å². The quantitative estimate of drug-likeness (QED) is 0.525. The topological polar surface area (TPSA) is 56.9 Å². The number of morpholine rings is 1. The molecule has 3 heterocycles. The molecule has 0 amide bonds. The van der Waals surface area contributed by atoms with Gasteiger partial charge in [-0.05, 0) is 29.3 Å². The Morgan fingerprint density at radius 1 is 1.14 bits per heavy atom. The van der Waals surface area contributed by atoms with Gasteiger partial charge in [-0.3, -0.25) is 4.90 Å². The zero-order valence-corrected chi connectivity index (χ0v) is 16.1. The van der Waals surface area contributed by atoms with E-state index < -0.39 is 0 Å². The Hall–Kier alpha value is -2.60. The Kier molecular flexibility index (Phi) is 4.64. The zero-order valence-electron chi connectivity index (χ0n) is 15.4. The van der Waals surface area contributed by atoms with Crippen molar-refractivity contribution in [1.82, 2.24) is 19.9 Å². The number of rotatable bonds is 4. The number of fused-ring (bicyclic) bond motifs is 1. The van der Waals surface area contributed by atoms with Crippen LogP contribution in [0.15, 0.2) is 60.9 Å². The van der Waals surface area contributed by atoms with Crippen LogP contribution in [-0.4, -0.2) is 39.6 Å². The largest absolute Gasteiger partial charge is 0.378 e. The lowest BCUT2D eigenvalue weighted by Crippen LogP contribution is -2.39. The van der Waals surface area contributed by atoms with E-state index in [1.807, 2.05) is 30.5 Å². The number of para-hydroxylation sites is 1. The number of imidazole rings is 1. The minimum absolute atomic E-state index is 0.100. The number of H-pyrrole nitrogens is 2. The van der Waals surface area contributed by atoms with E-state index in [0.717, 1.165) is 41.8 Å². The lowest BCUT2D eigenvalue weighted by Gasteiger charge is -2.34. The summed E-state index contributed by atoms with van der Waals surface area (Å²) >= 11 is 6.00. The number of benzene rings is 2. The number of nitrogens with one attached hydrogen (secondary N) is 2. The molecule has 2 aromatic carbocycles. The maximum Gasteiger partial charge on any atom is 0.126 e. The third-order valence-corrected chi connectivity index (χ3v) is 5.61. The van der Waals surface area contributed by atoms with Crippen LogP contribution in [0, 0.1) is 0 Å². The predicted octanol–water partition coefficient (Wildman–Crippen LogP) is 4.78. The lowest BCUT2D eigenvalue weighted by atomic mass is 10.1. The Balaban J connectivity index is 1.41. The van der Waals surface area contributed by atoms with Crippen molar-refractivity contribution in [2.45, 2.75) is 12.6 Å². The van der Waals surface area contributed by atoms with Crippen molar-refractivity contribution in [2.75, 3.05) is 19.8 Å². The number of aromatic amines is 2. The molecule has 1 aliphatic heterocycles. The highest BCUT2D eigenvalue weighted by atomic mass is 35.5. The Morgan fingerprint density at radius 3 is 2.89 bits per heavy atom. The van der Waals surface area contributed by atoms with Crippen LogP contribution in [0.4, 0.5) is 0 Å². The average Bonchev–Trinajstić information content (AvgIpc) is 3.37. The summed E-state index contributed by atoms with van der Waals surface area (Å²) in [4.78, 5) is 13.9. The van der Waals surface area contributed by atoms with Crippen molar-refractivity contribution in [3.05, 3.63) is 77.3 Å². The van der Waals surface area contributed by atoms with Crippen molar-refractivity contribution in [3.63, 3.8) is 0 Å².